The molecule has 1 N–H and O–H groups in total. The Labute approximate surface area is 184 Å². The highest BCUT2D eigenvalue weighted by Gasteiger charge is 2.18. The van der Waals surface area contributed by atoms with Gasteiger partial charge in [0.1, 0.15) is 18.1 Å². The molecule has 0 aliphatic carbocycles. The number of carbonyl (C=O) groups is 1. The van der Waals surface area contributed by atoms with E-state index in [0.717, 1.165) is 27.6 Å². The summed E-state index contributed by atoms with van der Waals surface area (Å²) in [5, 5.41) is 8.91. The van der Waals surface area contributed by atoms with Gasteiger partial charge < -0.3 is 24.1 Å². The Balaban J connectivity index is 1.39. The van der Waals surface area contributed by atoms with E-state index in [-0.39, 0.29) is 19.3 Å². The van der Waals surface area contributed by atoms with E-state index in [1.807, 2.05) is 68.4 Å². The number of fused-ring (bicyclic) bond motifs is 2. The van der Waals surface area contributed by atoms with Crippen LogP contribution in [-0.4, -0.2) is 17.9 Å². The fraction of sp³-hybridized carbons (Fsp3) is 0.200. The van der Waals surface area contributed by atoms with Crippen LogP contribution < -0.4 is 19.5 Å². The van der Waals surface area contributed by atoms with E-state index in [4.69, 9.17) is 18.7 Å². The van der Waals surface area contributed by atoms with Crippen molar-refractivity contribution in [3.63, 3.8) is 0 Å². The van der Waals surface area contributed by atoms with Crippen molar-refractivity contribution in [2.45, 2.75) is 27.0 Å². The first-order valence-corrected chi connectivity index (χ1v) is 10.3. The van der Waals surface area contributed by atoms with Crippen LogP contribution in [0.1, 0.15) is 32.9 Å². The minimum atomic E-state index is -0.220. The Morgan fingerprint density at radius 1 is 1.03 bits per heavy atom. The van der Waals surface area contributed by atoms with Gasteiger partial charge >= 0.3 is 0 Å². The van der Waals surface area contributed by atoms with E-state index in [0.29, 0.717) is 35.1 Å². The SMILES string of the molecule is Cc1noc(C)c1COc1cc2ccccc2cc1C(=O)NCc1ccc2c(c1)OCO2. The zero-order valence-electron chi connectivity index (χ0n) is 17.8. The van der Waals surface area contributed by atoms with E-state index in [1.54, 1.807) is 0 Å². The first kappa shape index (κ1) is 19.9. The lowest BCUT2D eigenvalue weighted by Gasteiger charge is -2.14. The third-order valence-electron chi connectivity index (χ3n) is 5.54. The Bertz CT molecular complexity index is 1290. The van der Waals surface area contributed by atoms with Gasteiger partial charge in [-0.2, -0.15) is 0 Å². The normalized spacial score (nSPS) is 12.2. The van der Waals surface area contributed by atoms with Crippen LogP contribution >= 0.6 is 0 Å². The number of aromatic nitrogens is 1. The van der Waals surface area contributed by atoms with Crippen LogP contribution in [0.3, 0.4) is 0 Å². The molecule has 32 heavy (non-hydrogen) atoms. The fourth-order valence-corrected chi connectivity index (χ4v) is 3.70. The average Bonchev–Trinajstić information content (AvgIpc) is 3.41. The molecular formula is C25H22N2O5. The lowest BCUT2D eigenvalue weighted by atomic mass is 10.0. The van der Waals surface area contributed by atoms with Gasteiger partial charge in [0.2, 0.25) is 6.79 Å². The smallest absolute Gasteiger partial charge is 0.255 e. The monoisotopic (exact) mass is 430 g/mol. The Kier molecular flexibility index (Phi) is 5.15. The summed E-state index contributed by atoms with van der Waals surface area (Å²) in [6.07, 6.45) is 0. The molecule has 0 spiro atoms. The summed E-state index contributed by atoms with van der Waals surface area (Å²) >= 11 is 0. The van der Waals surface area contributed by atoms with E-state index < -0.39 is 0 Å². The van der Waals surface area contributed by atoms with Gasteiger partial charge in [0.25, 0.3) is 5.91 Å². The molecule has 0 atom stereocenters. The number of nitrogens with one attached hydrogen (secondary N) is 1. The molecule has 7 nitrogen and oxygen atoms in total. The molecular weight excluding hydrogens is 408 g/mol. The van der Waals surface area contributed by atoms with Crippen LogP contribution in [-0.2, 0) is 13.2 Å². The predicted octanol–water partition coefficient (Wildman–Crippen LogP) is 4.68. The van der Waals surface area contributed by atoms with Crippen molar-refractivity contribution < 1.29 is 23.5 Å². The minimum Gasteiger partial charge on any atom is -0.488 e. The molecule has 0 saturated carbocycles. The Morgan fingerprint density at radius 3 is 2.59 bits per heavy atom. The Hall–Kier alpha value is -4.00. The molecule has 0 bridgehead atoms. The maximum atomic E-state index is 13.1. The number of amides is 1. The second-order valence-corrected chi connectivity index (χ2v) is 7.66. The number of rotatable bonds is 6. The van der Waals surface area contributed by atoms with Crippen molar-refractivity contribution in [2.24, 2.45) is 0 Å². The van der Waals surface area contributed by atoms with Crippen LogP contribution in [0.25, 0.3) is 10.8 Å². The average molecular weight is 430 g/mol. The lowest BCUT2D eigenvalue weighted by molar-refractivity contribution is 0.0946. The summed E-state index contributed by atoms with van der Waals surface area (Å²) in [5.41, 5.74) is 3.04. The van der Waals surface area contributed by atoms with Gasteiger partial charge in [0.05, 0.1) is 16.8 Å². The highest BCUT2D eigenvalue weighted by molar-refractivity contribution is 6.01. The lowest BCUT2D eigenvalue weighted by Crippen LogP contribution is -2.23. The molecule has 5 rings (SSSR count). The molecule has 0 radical (unpaired) electrons. The predicted molar refractivity (Wildman–Crippen MR) is 118 cm³/mol. The van der Waals surface area contributed by atoms with Gasteiger partial charge in [-0.1, -0.05) is 35.5 Å². The summed E-state index contributed by atoms with van der Waals surface area (Å²) < 4.78 is 22.1. The van der Waals surface area contributed by atoms with Gasteiger partial charge in [-0.05, 0) is 54.4 Å². The van der Waals surface area contributed by atoms with E-state index in [2.05, 4.69) is 10.5 Å². The van der Waals surface area contributed by atoms with Gasteiger partial charge in [0.15, 0.2) is 11.5 Å². The molecule has 162 valence electrons. The molecule has 2 heterocycles. The van der Waals surface area contributed by atoms with Crippen LogP contribution in [0.2, 0.25) is 0 Å². The molecule has 1 amide bonds. The molecule has 7 heteroatoms. The molecule has 1 aliphatic rings. The molecule has 4 aromatic rings. The van der Waals surface area contributed by atoms with Crippen LogP contribution in [0.15, 0.2) is 59.1 Å². The molecule has 0 unspecified atom stereocenters. The molecule has 1 aliphatic heterocycles. The van der Waals surface area contributed by atoms with Gasteiger partial charge in [-0.15, -0.1) is 0 Å². The largest absolute Gasteiger partial charge is 0.488 e. The summed E-state index contributed by atoms with van der Waals surface area (Å²) in [7, 11) is 0. The number of benzene rings is 3. The van der Waals surface area contributed by atoms with E-state index in [9.17, 15) is 4.79 Å². The highest BCUT2D eigenvalue weighted by atomic mass is 16.7. The first-order valence-electron chi connectivity index (χ1n) is 10.3. The van der Waals surface area contributed by atoms with Crippen molar-refractivity contribution in [1.82, 2.24) is 10.5 Å². The quantitative estimate of drug-likeness (QED) is 0.478. The third kappa shape index (κ3) is 3.85. The molecule has 0 fully saturated rings. The number of hydrogen-bond acceptors (Lipinski definition) is 6. The highest BCUT2D eigenvalue weighted by Crippen LogP contribution is 2.32. The molecule has 0 saturated heterocycles. The zero-order valence-corrected chi connectivity index (χ0v) is 17.8. The summed E-state index contributed by atoms with van der Waals surface area (Å²) in [6.45, 7) is 4.55. The molecule has 3 aromatic carbocycles. The number of hydrogen-bond donors (Lipinski definition) is 1. The van der Waals surface area contributed by atoms with E-state index >= 15 is 0 Å². The van der Waals surface area contributed by atoms with Crippen molar-refractivity contribution in [3.8, 4) is 17.2 Å². The zero-order chi connectivity index (χ0) is 22.1. The first-order chi connectivity index (χ1) is 15.6. The fourth-order valence-electron chi connectivity index (χ4n) is 3.70. The van der Waals surface area contributed by atoms with Crippen molar-refractivity contribution >= 4 is 16.7 Å². The van der Waals surface area contributed by atoms with Gasteiger partial charge in [-0.25, -0.2) is 0 Å². The maximum absolute atomic E-state index is 13.1. The standard InChI is InChI=1S/C25H22N2O5/c1-15-21(16(2)32-27-15)13-29-23-11-19-6-4-3-5-18(19)10-20(23)25(28)26-12-17-7-8-22-24(9-17)31-14-30-22/h3-11H,12-14H2,1-2H3,(H,26,28). The van der Waals surface area contributed by atoms with Crippen LogP contribution in [0.5, 0.6) is 17.2 Å². The number of nitrogens with zero attached hydrogens (tertiary/aromatic N) is 1. The summed E-state index contributed by atoms with van der Waals surface area (Å²) in [6, 6.07) is 17.2. The van der Waals surface area contributed by atoms with Crippen molar-refractivity contribution in [3.05, 3.63) is 82.7 Å². The minimum absolute atomic E-state index is 0.216. The topological polar surface area (TPSA) is 82.8 Å². The Morgan fingerprint density at radius 2 is 1.81 bits per heavy atom. The van der Waals surface area contributed by atoms with Crippen LogP contribution in [0, 0.1) is 13.8 Å². The second kappa shape index (κ2) is 8.26. The number of ether oxygens (including phenoxy) is 3. The summed E-state index contributed by atoms with van der Waals surface area (Å²) in [5.74, 6) is 2.39. The van der Waals surface area contributed by atoms with Gasteiger partial charge in [-0.3, -0.25) is 4.79 Å². The third-order valence-corrected chi connectivity index (χ3v) is 5.54. The molecule has 1 aromatic heterocycles. The van der Waals surface area contributed by atoms with Crippen molar-refractivity contribution in [2.75, 3.05) is 6.79 Å². The van der Waals surface area contributed by atoms with Crippen LogP contribution in [0.4, 0.5) is 0 Å². The number of aryl methyl sites for hydroxylation is 2. The second-order valence-electron chi connectivity index (χ2n) is 7.66. The maximum Gasteiger partial charge on any atom is 0.255 e. The van der Waals surface area contributed by atoms with E-state index in [1.165, 1.54) is 0 Å². The van der Waals surface area contributed by atoms with Gasteiger partial charge in [0, 0.05) is 6.54 Å². The van der Waals surface area contributed by atoms with Crippen molar-refractivity contribution in [1.29, 1.82) is 0 Å². The summed E-state index contributed by atoms with van der Waals surface area (Å²) in [4.78, 5) is 13.1. The number of carbonyl (C=O) groups excluding carboxylic acids is 1.